The molecule has 3 nitrogen and oxygen atoms in total. The van der Waals surface area contributed by atoms with Gasteiger partial charge in [0.1, 0.15) is 0 Å². The second kappa shape index (κ2) is 5.41. The average molecular weight is 266 g/mol. The smallest absolute Gasteiger partial charge is 0.234 e. The van der Waals surface area contributed by atoms with E-state index in [4.69, 9.17) is 0 Å². The molecule has 0 aliphatic carbocycles. The van der Waals surface area contributed by atoms with Crippen molar-refractivity contribution in [1.29, 1.82) is 0 Å². The molecule has 0 aromatic carbocycles. The molecule has 100 valence electrons. The molecule has 0 radical (unpaired) electrons. The van der Waals surface area contributed by atoms with Crippen molar-refractivity contribution in [2.24, 2.45) is 0 Å². The molecule has 0 spiro atoms. The maximum atomic E-state index is 12.0. The molecule has 0 saturated carbocycles. The van der Waals surface area contributed by atoms with Crippen LogP contribution >= 0.6 is 11.3 Å². The Morgan fingerprint density at radius 3 is 2.94 bits per heavy atom. The van der Waals surface area contributed by atoms with E-state index in [1.54, 1.807) is 11.3 Å². The van der Waals surface area contributed by atoms with Crippen molar-refractivity contribution in [3.63, 3.8) is 0 Å². The summed E-state index contributed by atoms with van der Waals surface area (Å²) in [4.78, 5) is 15.7. The first-order valence-corrected chi connectivity index (χ1v) is 7.42. The van der Waals surface area contributed by atoms with Crippen LogP contribution in [0.3, 0.4) is 0 Å². The zero-order chi connectivity index (χ0) is 13.2. The van der Waals surface area contributed by atoms with Crippen LogP contribution in [0.4, 0.5) is 0 Å². The lowest BCUT2D eigenvalue weighted by Crippen LogP contribution is -2.45. The largest absolute Gasteiger partial charge is 0.350 e. The van der Waals surface area contributed by atoms with Crippen LogP contribution < -0.4 is 5.32 Å². The fourth-order valence-electron chi connectivity index (χ4n) is 2.46. The van der Waals surface area contributed by atoms with Gasteiger partial charge in [0.2, 0.25) is 5.91 Å². The molecule has 1 unspecified atom stereocenters. The van der Waals surface area contributed by atoms with Gasteiger partial charge in [0.05, 0.1) is 6.54 Å². The molecule has 2 rings (SSSR count). The van der Waals surface area contributed by atoms with Crippen LogP contribution in [0.15, 0.2) is 17.5 Å². The van der Waals surface area contributed by atoms with E-state index in [0.717, 1.165) is 6.54 Å². The third-order valence-electron chi connectivity index (χ3n) is 3.10. The summed E-state index contributed by atoms with van der Waals surface area (Å²) in [7, 11) is 0. The summed E-state index contributed by atoms with van der Waals surface area (Å²) in [6.07, 6.45) is 2.36. The van der Waals surface area contributed by atoms with Gasteiger partial charge in [-0.15, -0.1) is 11.3 Å². The zero-order valence-corrected chi connectivity index (χ0v) is 12.2. The van der Waals surface area contributed by atoms with Crippen LogP contribution in [0.25, 0.3) is 0 Å². The van der Waals surface area contributed by atoms with Gasteiger partial charge in [0.25, 0.3) is 0 Å². The van der Waals surface area contributed by atoms with Gasteiger partial charge in [0, 0.05) is 16.5 Å². The number of hydrogen-bond donors (Lipinski definition) is 1. The fraction of sp³-hybridized carbons (Fsp3) is 0.643. The number of likely N-dealkylation sites (tertiary alicyclic amines) is 1. The highest BCUT2D eigenvalue weighted by Crippen LogP contribution is 2.33. The SMILES string of the molecule is CC(C)(C)NC(=O)CN1CCCC1c1cccs1. The van der Waals surface area contributed by atoms with E-state index < -0.39 is 0 Å². The average Bonchev–Trinajstić information content (AvgIpc) is 2.82. The Bertz CT molecular complexity index is 394. The molecule has 1 N–H and O–H groups in total. The predicted octanol–water partition coefficient (Wildman–Crippen LogP) is 2.80. The van der Waals surface area contributed by atoms with E-state index in [1.807, 2.05) is 20.8 Å². The summed E-state index contributed by atoms with van der Waals surface area (Å²) in [6, 6.07) is 4.71. The minimum Gasteiger partial charge on any atom is -0.350 e. The predicted molar refractivity (Wildman–Crippen MR) is 75.8 cm³/mol. The van der Waals surface area contributed by atoms with Crippen LogP contribution in [-0.2, 0) is 4.79 Å². The van der Waals surface area contributed by atoms with Crippen molar-refractivity contribution in [2.45, 2.75) is 45.2 Å². The second-order valence-corrected chi connectivity index (χ2v) is 6.92. The quantitative estimate of drug-likeness (QED) is 0.912. The van der Waals surface area contributed by atoms with E-state index in [9.17, 15) is 4.79 Å². The highest BCUT2D eigenvalue weighted by atomic mass is 32.1. The first-order valence-electron chi connectivity index (χ1n) is 6.54. The van der Waals surface area contributed by atoms with Gasteiger partial charge in [-0.1, -0.05) is 6.07 Å². The van der Waals surface area contributed by atoms with Gasteiger partial charge in [0.15, 0.2) is 0 Å². The molecule has 0 bridgehead atoms. The molecule has 1 aromatic heterocycles. The van der Waals surface area contributed by atoms with Gasteiger partial charge in [-0.25, -0.2) is 0 Å². The maximum Gasteiger partial charge on any atom is 0.234 e. The lowest BCUT2D eigenvalue weighted by molar-refractivity contribution is -0.123. The lowest BCUT2D eigenvalue weighted by atomic mass is 10.1. The third-order valence-corrected chi connectivity index (χ3v) is 4.07. The Hall–Kier alpha value is -0.870. The van der Waals surface area contributed by atoms with Gasteiger partial charge in [-0.2, -0.15) is 0 Å². The summed E-state index contributed by atoms with van der Waals surface area (Å²) in [5.74, 6) is 0.131. The number of nitrogens with zero attached hydrogens (tertiary/aromatic N) is 1. The number of carbonyl (C=O) groups excluding carboxylic acids is 1. The van der Waals surface area contributed by atoms with Gasteiger partial charge < -0.3 is 5.32 Å². The highest BCUT2D eigenvalue weighted by Gasteiger charge is 2.28. The fourth-order valence-corrected chi connectivity index (χ4v) is 3.36. The van der Waals surface area contributed by atoms with Crippen molar-refractivity contribution >= 4 is 17.2 Å². The molecule has 1 aliphatic heterocycles. The van der Waals surface area contributed by atoms with Gasteiger partial charge >= 0.3 is 0 Å². The summed E-state index contributed by atoms with van der Waals surface area (Å²) < 4.78 is 0. The number of rotatable bonds is 3. The molecular weight excluding hydrogens is 244 g/mol. The number of thiophene rings is 1. The summed E-state index contributed by atoms with van der Waals surface area (Å²) in [6.45, 7) is 7.60. The number of carbonyl (C=O) groups is 1. The van der Waals surface area contributed by atoms with Crippen LogP contribution in [0.1, 0.15) is 44.5 Å². The first kappa shape index (κ1) is 13.6. The lowest BCUT2D eigenvalue weighted by Gasteiger charge is -2.26. The number of hydrogen-bond acceptors (Lipinski definition) is 3. The summed E-state index contributed by atoms with van der Waals surface area (Å²) >= 11 is 1.79. The minimum absolute atomic E-state index is 0.131. The van der Waals surface area contributed by atoms with E-state index in [2.05, 4.69) is 27.7 Å². The molecule has 1 aliphatic rings. The molecule has 1 atom stereocenters. The van der Waals surface area contributed by atoms with E-state index in [-0.39, 0.29) is 11.4 Å². The molecule has 1 saturated heterocycles. The van der Waals surface area contributed by atoms with Gasteiger partial charge in [-0.3, -0.25) is 9.69 Å². The standard InChI is InChI=1S/C14H22N2OS/c1-14(2,3)15-13(17)10-16-8-4-6-11(16)12-7-5-9-18-12/h5,7,9,11H,4,6,8,10H2,1-3H3,(H,15,17). The van der Waals surface area contributed by atoms with E-state index >= 15 is 0 Å². The molecule has 2 heterocycles. The van der Waals surface area contributed by atoms with Crippen molar-refractivity contribution in [2.75, 3.05) is 13.1 Å². The minimum atomic E-state index is -0.144. The second-order valence-electron chi connectivity index (χ2n) is 5.94. The molecule has 1 aromatic rings. The maximum absolute atomic E-state index is 12.0. The van der Waals surface area contributed by atoms with E-state index in [0.29, 0.717) is 12.6 Å². The van der Waals surface area contributed by atoms with Gasteiger partial charge in [-0.05, 0) is 51.6 Å². The Kier molecular flexibility index (Phi) is 4.07. The Labute approximate surface area is 113 Å². The Morgan fingerprint density at radius 2 is 2.33 bits per heavy atom. The van der Waals surface area contributed by atoms with Crippen molar-refractivity contribution in [3.05, 3.63) is 22.4 Å². The monoisotopic (exact) mass is 266 g/mol. The van der Waals surface area contributed by atoms with Crippen molar-refractivity contribution in [3.8, 4) is 0 Å². The third kappa shape index (κ3) is 3.56. The molecule has 18 heavy (non-hydrogen) atoms. The molecule has 1 amide bonds. The van der Waals surface area contributed by atoms with Crippen molar-refractivity contribution < 1.29 is 4.79 Å². The normalized spacial score (nSPS) is 21.2. The highest BCUT2D eigenvalue weighted by molar-refractivity contribution is 7.10. The molecule has 4 heteroatoms. The van der Waals surface area contributed by atoms with Crippen LogP contribution in [0, 0.1) is 0 Å². The Balaban J connectivity index is 1.94. The number of amides is 1. The van der Waals surface area contributed by atoms with E-state index in [1.165, 1.54) is 17.7 Å². The molecule has 1 fully saturated rings. The summed E-state index contributed by atoms with van der Waals surface area (Å²) in [5.41, 5.74) is -0.144. The van der Waals surface area contributed by atoms with Crippen LogP contribution in [0.5, 0.6) is 0 Å². The Morgan fingerprint density at radius 1 is 1.56 bits per heavy atom. The topological polar surface area (TPSA) is 32.3 Å². The molecular formula is C14H22N2OS. The number of nitrogens with one attached hydrogen (secondary N) is 1. The van der Waals surface area contributed by atoms with Crippen molar-refractivity contribution in [1.82, 2.24) is 10.2 Å². The van der Waals surface area contributed by atoms with Crippen LogP contribution in [0.2, 0.25) is 0 Å². The zero-order valence-electron chi connectivity index (χ0n) is 11.4. The summed E-state index contributed by atoms with van der Waals surface area (Å²) in [5, 5.41) is 5.15. The van der Waals surface area contributed by atoms with Crippen LogP contribution in [-0.4, -0.2) is 29.4 Å². The first-order chi connectivity index (χ1) is 8.46.